The minimum atomic E-state index is -0.677. The highest BCUT2D eigenvalue weighted by Crippen LogP contribution is 2.31. The Kier molecular flexibility index (Phi) is 4.54. The number of nitrogens with one attached hydrogen (secondary N) is 2. The normalized spacial score (nSPS) is 12.6. The van der Waals surface area contributed by atoms with Crippen LogP contribution in [0.1, 0.15) is 27.2 Å². The summed E-state index contributed by atoms with van der Waals surface area (Å²) < 4.78 is 16.0. The van der Waals surface area contributed by atoms with Gasteiger partial charge in [0.2, 0.25) is 11.9 Å². The van der Waals surface area contributed by atoms with Gasteiger partial charge in [-0.1, -0.05) is 30.3 Å². The molecule has 7 nitrogen and oxygen atoms in total. The molecule has 8 heteroatoms. The first-order chi connectivity index (χ1) is 15.0. The van der Waals surface area contributed by atoms with Gasteiger partial charge in [0.25, 0.3) is 0 Å². The van der Waals surface area contributed by atoms with E-state index in [4.69, 9.17) is 10.7 Å². The van der Waals surface area contributed by atoms with Gasteiger partial charge in [-0.3, -0.25) is 9.36 Å². The van der Waals surface area contributed by atoms with Gasteiger partial charge in [0.05, 0.1) is 11.1 Å². The van der Waals surface area contributed by atoms with Crippen molar-refractivity contribution >= 4 is 28.4 Å². The van der Waals surface area contributed by atoms with Crippen LogP contribution in [0.4, 0.5) is 16.0 Å². The summed E-state index contributed by atoms with van der Waals surface area (Å²) in [5, 5.41) is 7.29. The molecule has 1 amide bonds. The van der Waals surface area contributed by atoms with E-state index in [9.17, 15) is 9.18 Å². The lowest BCUT2D eigenvalue weighted by atomic mass is 10.1. The van der Waals surface area contributed by atoms with Gasteiger partial charge in [0, 0.05) is 29.7 Å². The number of nitrogens with zero attached hydrogens (tertiary/aromatic N) is 3. The van der Waals surface area contributed by atoms with Gasteiger partial charge in [-0.25, -0.2) is 4.39 Å². The number of benzene rings is 2. The molecule has 0 saturated carbocycles. The average Bonchev–Trinajstić information content (AvgIpc) is 3.35. The lowest BCUT2D eigenvalue weighted by molar-refractivity contribution is 0.100. The molecule has 31 heavy (non-hydrogen) atoms. The minimum Gasteiger partial charge on any atom is -0.369 e. The van der Waals surface area contributed by atoms with Crippen LogP contribution in [-0.4, -0.2) is 27.0 Å². The number of rotatable bonds is 5. The van der Waals surface area contributed by atoms with E-state index in [1.165, 1.54) is 6.07 Å². The highest BCUT2D eigenvalue weighted by molar-refractivity contribution is 6.06. The van der Waals surface area contributed by atoms with Crippen LogP contribution in [0.2, 0.25) is 0 Å². The Morgan fingerprint density at radius 1 is 1.23 bits per heavy atom. The predicted octanol–water partition coefficient (Wildman–Crippen LogP) is 3.55. The number of primary amides is 1. The summed E-state index contributed by atoms with van der Waals surface area (Å²) in [5.41, 5.74) is 9.05. The molecule has 0 aliphatic carbocycles. The Morgan fingerprint density at radius 3 is 2.81 bits per heavy atom. The Morgan fingerprint density at radius 2 is 2.03 bits per heavy atom. The topological polar surface area (TPSA) is 97.9 Å². The van der Waals surface area contributed by atoms with Gasteiger partial charge in [0.1, 0.15) is 17.5 Å². The van der Waals surface area contributed by atoms with E-state index < -0.39 is 11.7 Å². The van der Waals surface area contributed by atoms with Crippen molar-refractivity contribution in [2.24, 2.45) is 5.73 Å². The zero-order chi connectivity index (χ0) is 21.5. The van der Waals surface area contributed by atoms with E-state index in [0.717, 1.165) is 47.5 Å². The van der Waals surface area contributed by atoms with Gasteiger partial charge < -0.3 is 16.4 Å². The van der Waals surface area contributed by atoms with Crippen LogP contribution >= 0.6 is 0 Å². The largest absolute Gasteiger partial charge is 0.369 e. The predicted molar refractivity (Wildman–Crippen MR) is 118 cm³/mol. The summed E-state index contributed by atoms with van der Waals surface area (Å²) >= 11 is 0. The number of hydrogen-bond acceptors (Lipinski definition) is 5. The summed E-state index contributed by atoms with van der Waals surface area (Å²) in [7, 11) is 0. The molecule has 0 spiro atoms. The molecular weight excluding hydrogens is 395 g/mol. The molecule has 2 aromatic carbocycles. The van der Waals surface area contributed by atoms with Crippen molar-refractivity contribution in [3.05, 3.63) is 76.7 Å². The van der Waals surface area contributed by atoms with Crippen molar-refractivity contribution in [3.8, 4) is 5.95 Å². The fourth-order valence-corrected chi connectivity index (χ4v) is 4.06. The monoisotopic (exact) mass is 416 g/mol. The van der Waals surface area contributed by atoms with Crippen LogP contribution in [0.5, 0.6) is 0 Å². The van der Waals surface area contributed by atoms with Gasteiger partial charge in [-0.15, -0.1) is 0 Å². The number of carbonyl (C=O) groups excluding carboxylic acids is 1. The van der Waals surface area contributed by atoms with Crippen molar-refractivity contribution in [2.45, 2.75) is 19.9 Å². The van der Waals surface area contributed by atoms with E-state index in [2.05, 4.69) is 15.6 Å². The summed E-state index contributed by atoms with van der Waals surface area (Å²) in [6.07, 6.45) is 0.818. The fraction of sp³-hybridized carbons (Fsp3) is 0.174. The molecule has 0 atom stereocenters. The van der Waals surface area contributed by atoms with Crippen LogP contribution in [0.25, 0.3) is 16.9 Å². The molecule has 4 N–H and O–H groups in total. The highest BCUT2D eigenvalue weighted by Gasteiger charge is 2.22. The first-order valence-electron chi connectivity index (χ1n) is 10.1. The average molecular weight is 416 g/mol. The molecule has 1 aliphatic rings. The Labute approximate surface area is 178 Å². The maximum Gasteiger partial charge on any atom is 0.249 e. The van der Waals surface area contributed by atoms with E-state index in [1.807, 2.05) is 37.3 Å². The van der Waals surface area contributed by atoms with Crippen LogP contribution in [0.15, 0.2) is 48.5 Å². The third kappa shape index (κ3) is 3.35. The first kappa shape index (κ1) is 19.0. The summed E-state index contributed by atoms with van der Waals surface area (Å²) in [6, 6.07) is 14.4. The zero-order valence-electron chi connectivity index (χ0n) is 16.9. The van der Waals surface area contributed by atoms with Crippen LogP contribution in [0, 0.1) is 12.7 Å². The molecule has 156 valence electrons. The molecular formula is C23H21FN6O. The smallest absolute Gasteiger partial charge is 0.249 e. The molecule has 0 radical (unpaired) electrons. The van der Waals surface area contributed by atoms with Crippen molar-refractivity contribution in [1.82, 2.24) is 14.5 Å². The molecule has 2 aromatic heterocycles. The molecule has 3 heterocycles. The molecule has 0 bridgehead atoms. The number of anilines is 2. The second kappa shape index (κ2) is 7.39. The lowest BCUT2D eigenvalue weighted by Gasteiger charge is -2.14. The number of amides is 1. The number of carbonyl (C=O) groups is 1. The number of halogens is 1. The molecule has 1 aliphatic heterocycles. The first-order valence-corrected chi connectivity index (χ1v) is 10.1. The standard InChI is InChI=1S/C23H21FN6O/c1-13-9-17-18(20(25)31)10-15(24)11-19(17)30(13)23-28-21-16(7-8-26-21)22(29-23)27-12-14-5-3-2-4-6-14/h2-6,9-11H,7-8,12H2,1H3,(H2,25,31)(H2,26,27,28,29). The molecule has 5 rings (SSSR count). The van der Waals surface area contributed by atoms with Crippen LogP contribution < -0.4 is 16.4 Å². The van der Waals surface area contributed by atoms with E-state index >= 15 is 0 Å². The highest BCUT2D eigenvalue weighted by atomic mass is 19.1. The molecule has 0 saturated heterocycles. The van der Waals surface area contributed by atoms with Gasteiger partial charge in [0.15, 0.2) is 0 Å². The van der Waals surface area contributed by atoms with Gasteiger partial charge >= 0.3 is 0 Å². The number of aryl methyl sites for hydroxylation is 1. The quantitative estimate of drug-likeness (QED) is 0.462. The second-order valence-electron chi connectivity index (χ2n) is 7.59. The number of fused-ring (bicyclic) bond motifs is 2. The summed E-state index contributed by atoms with van der Waals surface area (Å²) in [5.74, 6) is 0.679. The van der Waals surface area contributed by atoms with Crippen LogP contribution in [0.3, 0.4) is 0 Å². The van der Waals surface area contributed by atoms with Gasteiger partial charge in [-0.2, -0.15) is 9.97 Å². The molecule has 0 fully saturated rings. The third-order valence-electron chi connectivity index (χ3n) is 5.50. The zero-order valence-corrected chi connectivity index (χ0v) is 16.9. The lowest BCUT2D eigenvalue weighted by Crippen LogP contribution is -2.12. The van der Waals surface area contributed by atoms with E-state index in [1.54, 1.807) is 10.6 Å². The van der Waals surface area contributed by atoms with E-state index in [-0.39, 0.29) is 5.56 Å². The third-order valence-corrected chi connectivity index (χ3v) is 5.50. The maximum absolute atomic E-state index is 14.3. The Bertz CT molecular complexity index is 1320. The summed E-state index contributed by atoms with van der Waals surface area (Å²) in [6.45, 7) is 3.26. The van der Waals surface area contributed by atoms with E-state index in [0.29, 0.717) is 23.4 Å². The SMILES string of the molecule is Cc1cc2c(C(N)=O)cc(F)cc2n1-c1nc2c(c(NCc3ccccc3)n1)CCN2. The van der Waals surface area contributed by atoms with Crippen molar-refractivity contribution in [1.29, 1.82) is 0 Å². The Balaban J connectivity index is 1.63. The number of hydrogen-bond donors (Lipinski definition) is 3. The van der Waals surface area contributed by atoms with Crippen molar-refractivity contribution in [2.75, 3.05) is 17.2 Å². The second-order valence-corrected chi connectivity index (χ2v) is 7.59. The van der Waals surface area contributed by atoms with Crippen molar-refractivity contribution < 1.29 is 9.18 Å². The molecule has 4 aromatic rings. The van der Waals surface area contributed by atoms with Crippen LogP contribution in [-0.2, 0) is 13.0 Å². The van der Waals surface area contributed by atoms with Gasteiger partial charge in [-0.05, 0) is 37.1 Å². The summed E-state index contributed by atoms with van der Waals surface area (Å²) in [4.78, 5) is 21.3. The minimum absolute atomic E-state index is 0.138. The fourth-order valence-electron chi connectivity index (χ4n) is 4.06. The molecule has 0 unspecified atom stereocenters. The Hall–Kier alpha value is -3.94. The number of aromatic nitrogens is 3. The maximum atomic E-state index is 14.3. The number of nitrogens with two attached hydrogens (primary N) is 1. The van der Waals surface area contributed by atoms with Crippen molar-refractivity contribution in [3.63, 3.8) is 0 Å².